The standard InChI is InChI=1S/C16H33NO4Si.C7H14O2/c1-16(2,3)17-15(18)14-9-7-13(8-10-14)11-12-22(19-4,20-5)21-6;1-2-3-4-5-6-7(8)9/h13-14H,7-12H2,1-6H3,(H,17,18);2-6H2,1H3,(H,8,9). The van der Waals surface area contributed by atoms with E-state index < -0.39 is 14.8 Å². The molecule has 0 heterocycles. The van der Waals surface area contributed by atoms with Crippen LogP contribution in [0.1, 0.15) is 91.9 Å². The number of amides is 1. The molecule has 1 aliphatic carbocycles. The van der Waals surface area contributed by atoms with E-state index in [0.717, 1.165) is 57.4 Å². The predicted octanol–water partition coefficient (Wildman–Crippen LogP) is 5.02. The number of aliphatic carboxylic acids is 1. The van der Waals surface area contributed by atoms with E-state index >= 15 is 0 Å². The third-order valence-electron chi connectivity index (χ3n) is 5.75. The second-order valence-corrected chi connectivity index (χ2v) is 12.6. The van der Waals surface area contributed by atoms with Gasteiger partial charge in [-0.2, -0.15) is 0 Å². The first kappa shape index (κ1) is 30.0. The Bertz CT molecular complexity index is 489. The van der Waals surface area contributed by atoms with Gasteiger partial charge in [0, 0.05) is 45.3 Å². The number of rotatable bonds is 12. The minimum absolute atomic E-state index is 0.144. The van der Waals surface area contributed by atoms with Gasteiger partial charge in [-0.05, 0) is 65.2 Å². The topological polar surface area (TPSA) is 94.1 Å². The third kappa shape index (κ3) is 13.9. The van der Waals surface area contributed by atoms with Gasteiger partial charge < -0.3 is 23.7 Å². The molecule has 0 atom stereocenters. The molecule has 0 aromatic rings. The number of nitrogens with one attached hydrogen (secondary N) is 1. The zero-order valence-electron chi connectivity index (χ0n) is 20.9. The molecule has 0 unspecified atom stereocenters. The van der Waals surface area contributed by atoms with Crippen LogP contribution in [0.5, 0.6) is 0 Å². The number of hydrogen-bond acceptors (Lipinski definition) is 5. The quantitative estimate of drug-likeness (QED) is 0.313. The minimum atomic E-state index is -2.45. The van der Waals surface area contributed by atoms with Gasteiger partial charge in [0.1, 0.15) is 0 Å². The lowest BCUT2D eigenvalue weighted by molar-refractivity contribution is -0.137. The number of unbranched alkanes of at least 4 members (excludes halogenated alkanes) is 3. The monoisotopic (exact) mass is 461 g/mol. The molecule has 0 aliphatic heterocycles. The van der Waals surface area contributed by atoms with Crippen LogP contribution in [-0.2, 0) is 22.9 Å². The van der Waals surface area contributed by atoms with Gasteiger partial charge in [-0.1, -0.05) is 26.2 Å². The molecule has 0 bridgehead atoms. The molecule has 1 rings (SSSR count). The largest absolute Gasteiger partial charge is 0.500 e. The van der Waals surface area contributed by atoms with Crippen LogP contribution in [0.3, 0.4) is 0 Å². The molecule has 1 amide bonds. The summed E-state index contributed by atoms with van der Waals surface area (Å²) in [5, 5.41) is 11.3. The normalized spacial score (nSPS) is 19.3. The maximum absolute atomic E-state index is 12.2. The number of carboxylic acid groups (broad SMARTS) is 1. The zero-order chi connectivity index (χ0) is 23.9. The Balaban J connectivity index is 0.000000842. The zero-order valence-corrected chi connectivity index (χ0v) is 21.9. The molecule has 8 heteroatoms. The summed E-state index contributed by atoms with van der Waals surface area (Å²) in [6, 6.07) is 0.847. The van der Waals surface area contributed by atoms with Crippen LogP contribution in [0, 0.1) is 11.8 Å². The molecule has 1 saturated carbocycles. The molecule has 0 aromatic heterocycles. The maximum Gasteiger partial charge on any atom is 0.500 e. The second kappa shape index (κ2) is 15.8. The summed E-state index contributed by atoms with van der Waals surface area (Å²) in [6.45, 7) is 8.20. The molecule has 1 aliphatic rings. The molecule has 0 saturated heterocycles. The maximum atomic E-state index is 12.2. The molecule has 1 fully saturated rings. The lowest BCUT2D eigenvalue weighted by Gasteiger charge is -2.32. The van der Waals surface area contributed by atoms with Crippen LogP contribution in [-0.4, -0.2) is 52.7 Å². The average molecular weight is 462 g/mol. The van der Waals surface area contributed by atoms with E-state index in [9.17, 15) is 9.59 Å². The summed E-state index contributed by atoms with van der Waals surface area (Å²) in [7, 11) is 2.53. The Labute approximate surface area is 191 Å². The summed E-state index contributed by atoms with van der Waals surface area (Å²) in [4.78, 5) is 22.2. The number of hydrogen-bond donors (Lipinski definition) is 2. The second-order valence-electron chi connectivity index (χ2n) is 9.50. The molecule has 0 spiro atoms. The van der Waals surface area contributed by atoms with Crippen LogP contribution in [0.25, 0.3) is 0 Å². The van der Waals surface area contributed by atoms with Crippen molar-refractivity contribution in [2.24, 2.45) is 11.8 Å². The smallest absolute Gasteiger partial charge is 0.481 e. The van der Waals surface area contributed by atoms with Crippen molar-refractivity contribution < 1.29 is 28.0 Å². The molecule has 0 radical (unpaired) electrons. The highest BCUT2D eigenvalue weighted by Gasteiger charge is 2.38. The molecule has 31 heavy (non-hydrogen) atoms. The van der Waals surface area contributed by atoms with Gasteiger partial charge in [-0.25, -0.2) is 0 Å². The molecular formula is C23H47NO6Si. The Kier molecular flexibility index (Phi) is 15.3. The third-order valence-corrected chi connectivity index (χ3v) is 8.52. The first-order valence-corrected chi connectivity index (χ1v) is 13.6. The summed E-state index contributed by atoms with van der Waals surface area (Å²) >= 11 is 0. The summed E-state index contributed by atoms with van der Waals surface area (Å²) in [5.74, 6) is 0.349. The number of carbonyl (C=O) groups is 2. The van der Waals surface area contributed by atoms with Gasteiger partial charge in [0.25, 0.3) is 0 Å². The van der Waals surface area contributed by atoms with Gasteiger partial charge in [0.05, 0.1) is 0 Å². The van der Waals surface area contributed by atoms with E-state index in [1.165, 1.54) is 6.42 Å². The molecular weight excluding hydrogens is 414 g/mol. The number of carbonyl (C=O) groups excluding carboxylic acids is 1. The van der Waals surface area contributed by atoms with Crippen molar-refractivity contribution in [1.29, 1.82) is 0 Å². The Morgan fingerprint density at radius 1 is 0.968 bits per heavy atom. The van der Waals surface area contributed by atoms with E-state index in [0.29, 0.717) is 12.3 Å². The van der Waals surface area contributed by atoms with E-state index in [2.05, 4.69) is 12.2 Å². The highest BCUT2D eigenvalue weighted by Crippen LogP contribution is 2.33. The highest BCUT2D eigenvalue weighted by molar-refractivity contribution is 6.60. The van der Waals surface area contributed by atoms with Gasteiger partial charge in [0.2, 0.25) is 5.91 Å². The SMILES string of the molecule is CCCCCCC(=O)O.CO[Si](CCC1CCC(C(=O)NC(C)(C)C)CC1)(OC)OC. The van der Waals surface area contributed by atoms with Crippen LogP contribution >= 0.6 is 0 Å². The van der Waals surface area contributed by atoms with Crippen molar-refractivity contribution >= 4 is 20.7 Å². The van der Waals surface area contributed by atoms with Crippen molar-refractivity contribution in [3.8, 4) is 0 Å². The lowest BCUT2D eigenvalue weighted by atomic mass is 9.80. The lowest BCUT2D eigenvalue weighted by Crippen LogP contribution is -2.45. The minimum Gasteiger partial charge on any atom is -0.481 e. The Hall–Kier alpha value is -0.963. The Morgan fingerprint density at radius 2 is 1.52 bits per heavy atom. The van der Waals surface area contributed by atoms with Crippen LogP contribution in [0.2, 0.25) is 6.04 Å². The molecule has 7 nitrogen and oxygen atoms in total. The van der Waals surface area contributed by atoms with Crippen molar-refractivity contribution in [2.45, 2.75) is 103 Å². The molecule has 2 N–H and O–H groups in total. The van der Waals surface area contributed by atoms with Gasteiger partial charge in [0.15, 0.2) is 0 Å². The van der Waals surface area contributed by atoms with Crippen LogP contribution in [0.4, 0.5) is 0 Å². The summed E-state index contributed by atoms with van der Waals surface area (Å²) < 4.78 is 16.4. The van der Waals surface area contributed by atoms with E-state index in [4.69, 9.17) is 18.4 Å². The Morgan fingerprint density at radius 3 is 1.94 bits per heavy atom. The summed E-state index contributed by atoms with van der Waals surface area (Å²) in [6.07, 6.45) is 9.77. The first-order chi connectivity index (χ1) is 14.5. The van der Waals surface area contributed by atoms with Crippen LogP contribution in [0.15, 0.2) is 0 Å². The molecule has 184 valence electrons. The van der Waals surface area contributed by atoms with Crippen molar-refractivity contribution in [3.63, 3.8) is 0 Å². The fourth-order valence-electron chi connectivity index (χ4n) is 3.83. The van der Waals surface area contributed by atoms with Gasteiger partial charge in [-0.3, -0.25) is 9.59 Å². The number of carboxylic acids is 1. The average Bonchev–Trinajstić information content (AvgIpc) is 2.72. The van der Waals surface area contributed by atoms with Crippen molar-refractivity contribution in [3.05, 3.63) is 0 Å². The highest BCUT2D eigenvalue weighted by atomic mass is 28.4. The fourth-order valence-corrected chi connectivity index (χ4v) is 5.70. The first-order valence-electron chi connectivity index (χ1n) is 11.7. The van der Waals surface area contributed by atoms with E-state index in [-0.39, 0.29) is 17.4 Å². The van der Waals surface area contributed by atoms with Crippen molar-refractivity contribution in [2.75, 3.05) is 21.3 Å². The fraction of sp³-hybridized carbons (Fsp3) is 0.913. The summed E-state index contributed by atoms with van der Waals surface area (Å²) in [5.41, 5.74) is -0.144. The van der Waals surface area contributed by atoms with E-state index in [1.807, 2.05) is 20.8 Å². The molecule has 0 aromatic carbocycles. The van der Waals surface area contributed by atoms with Crippen LogP contribution < -0.4 is 5.32 Å². The van der Waals surface area contributed by atoms with Crippen molar-refractivity contribution in [1.82, 2.24) is 5.32 Å². The van der Waals surface area contributed by atoms with E-state index in [1.54, 1.807) is 21.3 Å². The van der Waals surface area contributed by atoms with Gasteiger partial charge in [-0.15, -0.1) is 0 Å². The predicted molar refractivity (Wildman–Crippen MR) is 126 cm³/mol. The van der Waals surface area contributed by atoms with Gasteiger partial charge >= 0.3 is 14.8 Å².